The molecule has 0 bridgehead atoms. The summed E-state index contributed by atoms with van der Waals surface area (Å²) in [7, 11) is 0. The number of carbonyl (C=O) groups excluding carboxylic acids is 1. The van der Waals surface area contributed by atoms with Crippen LogP contribution in [0.1, 0.15) is 45.4 Å². The van der Waals surface area contributed by atoms with E-state index in [0.29, 0.717) is 24.5 Å². The molecule has 4 rings (SSSR count). The molecule has 10 heteroatoms. The Labute approximate surface area is 209 Å². The van der Waals surface area contributed by atoms with Gasteiger partial charge in [-0.3, -0.25) is 4.79 Å². The summed E-state index contributed by atoms with van der Waals surface area (Å²) in [6.45, 7) is 8.37. The SMILES string of the molecule is CCNC(=O)[C@@H]1C[C@H](Nc2nccc(NC(CC)Cc3sccc3Cl)c2N)[C@H]2OC(C)(C)O[C@H]21. The minimum atomic E-state index is -0.750. The van der Waals surface area contributed by atoms with Crippen LogP contribution in [0.5, 0.6) is 0 Å². The number of hydrogen-bond donors (Lipinski definition) is 4. The second-order valence-electron chi connectivity index (χ2n) is 9.32. The third kappa shape index (κ3) is 5.27. The molecule has 5 N–H and O–H groups in total. The van der Waals surface area contributed by atoms with E-state index in [1.807, 2.05) is 38.3 Å². The van der Waals surface area contributed by atoms with Crippen LogP contribution >= 0.6 is 22.9 Å². The highest BCUT2D eigenvalue weighted by atomic mass is 35.5. The molecule has 5 atom stereocenters. The molecular weight excluding hydrogens is 474 g/mol. The fourth-order valence-electron chi connectivity index (χ4n) is 4.79. The average molecular weight is 508 g/mol. The van der Waals surface area contributed by atoms with E-state index in [2.05, 4.69) is 27.9 Å². The summed E-state index contributed by atoms with van der Waals surface area (Å²) in [5.41, 5.74) is 7.89. The van der Waals surface area contributed by atoms with Crippen molar-refractivity contribution in [3.8, 4) is 0 Å². The summed E-state index contributed by atoms with van der Waals surface area (Å²) in [5, 5.41) is 12.7. The Morgan fingerprint density at radius 3 is 2.76 bits per heavy atom. The molecule has 2 aromatic heterocycles. The zero-order chi connectivity index (χ0) is 24.5. The number of anilines is 3. The number of nitrogens with zero attached hydrogens (tertiary/aromatic N) is 1. The third-order valence-electron chi connectivity index (χ3n) is 6.44. The topological polar surface area (TPSA) is 111 Å². The summed E-state index contributed by atoms with van der Waals surface area (Å²) in [5.74, 6) is -0.493. The van der Waals surface area contributed by atoms with Gasteiger partial charge in [-0.25, -0.2) is 4.98 Å². The van der Waals surface area contributed by atoms with Gasteiger partial charge in [0.1, 0.15) is 12.2 Å². The summed E-state index contributed by atoms with van der Waals surface area (Å²) in [6, 6.07) is 3.83. The van der Waals surface area contributed by atoms with Gasteiger partial charge >= 0.3 is 0 Å². The molecule has 0 spiro atoms. The number of pyridine rings is 1. The summed E-state index contributed by atoms with van der Waals surface area (Å²) < 4.78 is 12.3. The quantitative estimate of drug-likeness (QED) is 0.401. The lowest BCUT2D eigenvalue weighted by atomic mass is 10.0. The van der Waals surface area contributed by atoms with Gasteiger partial charge in [0.2, 0.25) is 5.91 Å². The first-order valence-corrected chi connectivity index (χ1v) is 13.1. The molecule has 186 valence electrons. The minimum Gasteiger partial charge on any atom is -0.394 e. The summed E-state index contributed by atoms with van der Waals surface area (Å²) in [6.07, 6.45) is 3.45. The molecule has 0 aromatic carbocycles. The van der Waals surface area contributed by atoms with Crippen molar-refractivity contribution in [2.45, 2.75) is 77.0 Å². The highest BCUT2D eigenvalue weighted by Gasteiger charge is 2.56. The molecule has 0 radical (unpaired) electrons. The maximum atomic E-state index is 12.7. The average Bonchev–Trinajstić information content (AvgIpc) is 3.43. The first-order valence-electron chi connectivity index (χ1n) is 11.8. The molecule has 2 fully saturated rings. The van der Waals surface area contributed by atoms with Crippen LogP contribution in [-0.2, 0) is 20.7 Å². The molecule has 1 saturated heterocycles. The molecule has 1 aliphatic heterocycles. The molecule has 1 amide bonds. The number of hydrogen-bond acceptors (Lipinski definition) is 8. The molecule has 8 nitrogen and oxygen atoms in total. The van der Waals surface area contributed by atoms with Crippen molar-refractivity contribution >= 4 is 46.0 Å². The number of amides is 1. The van der Waals surface area contributed by atoms with Crippen LogP contribution < -0.4 is 21.7 Å². The fourth-order valence-corrected chi connectivity index (χ4v) is 5.98. The van der Waals surface area contributed by atoms with E-state index >= 15 is 0 Å². The highest BCUT2D eigenvalue weighted by Crippen LogP contribution is 2.43. The van der Waals surface area contributed by atoms with E-state index in [0.717, 1.165) is 28.4 Å². The van der Waals surface area contributed by atoms with Crippen LogP contribution in [0.3, 0.4) is 0 Å². The predicted octanol–water partition coefficient (Wildman–Crippen LogP) is 4.27. The number of nitrogens with one attached hydrogen (secondary N) is 3. The van der Waals surface area contributed by atoms with Crippen molar-refractivity contribution in [3.05, 3.63) is 33.6 Å². The van der Waals surface area contributed by atoms with Gasteiger partial charge in [-0.15, -0.1) is 11.3 Å². The third-order valence-corrected chi connectivity index (χ3v) is 7.85. The molecule has 34 heavy (non-hydrogen) atoms. The lowest BCUT2D eigenvalue weighted by Gasteiger charge is -2.25. The van der Waals surface area contributed by atoms with E-state index in [1.54, 1.807) is 17.5 Å². The van der Waals surface area contributed by atoms with Crippen LogP contribution in [0.2, 0.25) is 5.02 Å². The molecule has 3 heterocycles. The van der Waals surface area contributed by atoms with Crippen molar-refractivity contribution in [3.63, 3.8) is 0 Å². The van der Waals surface area contributed by atoms with Gasteiger partial charge in [0.15, 0.2) is 11.6 Å². The van der Waals surface area contributed by atoms with Gasteiger partial charge in [0.05, 0.1) is 28.4 Å². The van der Waals surface area contributed by atoms with E-state index in [-0.39, 0.29) is 36.1 Å². The number of carbonyl (C=O) groups is 1. The number of rotatable bonds is 9. The molecule has 1 aliphatic carbocycles. The lowest BCUT2D eigenvalue weighted by molar-refractivity contribution is -0.160. The van der Waals surface area contributed by atoms with Crippen molar-refractivity contribution in [1.29, 1.82) is 0 Å². The Bertz CT molecular complexity index is 1020. The smallest absolute Gasteiger partial charge is 0.225 e. The van der Waals surface area contributed by atoms with Gasteiger partial charge in [0, 0.05) is 30.1 Å². The maximum absolute atomic E-state index is 12.7. The molecule has 2 aliphatic rings. The van der Waals surface area contributed by atoms with Gasteiger partial charge in [-0.2, -0.15) is 0 Å². The number of ether oxygens (including phenoxy) is 2. The number of fused-ring (bicyclic) bond motifs is 1. The first kappa shape index (κ1) is 25.0. The van der Waals surface area contributed by atoms with Crippen molar-refractivity contribution in [2.75, 3.05) is 22.9 Å². The van der Waals surface area contributed by atoms with Crippen LogP contribution in [-0.4, -0.2) is 47.5 Å². The van der Waals surface area contributed by atoms with Crippen LogP contribution in [0.4, 0.5) is 17.2 Å². The zero-order valence-electron chi connectivity index (χ0n) is 20.1. The number of nitrogens with two attached hydrogens (primary N) is 1. The zero-order valence-corrected chi connectivity index (χ0v) is 21.6. The first-order chi connectivity index (χ1) is 16.2. The Morgan fingerprint density at radius 2 is 2.09 bits per heavy atom. The van der Waals surface area contributed by atoms with Crippen LogP contribution in [0.15, 0.2) is 23.7 Å². The van der Waals surface area contributed by atoms with Crippen molar-refractivity contribution in [1.82, 2.24) is 10.3 Å². The van der Waals surface area contributed by atoms with Crippen molar-refractivity contribution < 1.29 is 14.3 Å². The Morgan fingerprint density at radius 1 is 1.32 bits per heavy atom. The van der Waals surface area contributed by atoms with E-state index < -0.39 is 5.79 Å². The monoisotopic (exact) mass is 507 g/mol. The van der Waals surface area contributed by atoms with Gasteiger partial charge < -0.3 is 31.2 Å². The second kappa shape index (κ2) is 10.3. The van der Waals surface area contributed by atoms with Gasteiger partial charge in [-0.05, 0) is 51.1 Å². The largest absolute Gasteiger partial charge is 0.394 e. The molecule has 1 saturated carbocycles. The fraction of sp³-hybridized carbons (Fsp3) is 0.583. The van der Waals surface area contributed by atoms with E-state index in [4.69, 9.17) is 26.8 Å². The maximum Gasteiger partial charge on any atom is 0.225 e. The van der Waals surface area contributed by atoms with Crippen LogP contribution in [0.25, 0.3) is 0 Å². The number of aromatic nitrogens is 1. The van der Waals surface area contributed by atoms with Gasteiger partial charge in [0.25, 0.3) is 0 Å². The lowest BCUT2D eigenvalue weighted by Crippen LogP contribution is -2.37. The molecule has 2 aromatic rings. The highest BCUT2D eigenvalue weighted by molar-refractivity contribution is 7.10. The Hall–Kier alpha value is -2.07. The summed E-state index contributed by atoms with van der Waals surface area (Å²) in [4.78, 5) is 18.3. The van der Waals surface area contributed by atoms with E-state index in [1.165, 1.54) is 0 Å². The molecule has 1 unspecified atom stereocenters. The summed E-state index contributed by atoms with van der Waals surface area (Å²) >= 11 is 7.96. The Kier molecular flexibility index (Phi) is 7.57. The Balaban J connectivity index is 1.50. The number of halogens is 1. The number of nitrogen functional groups attached to an aromatic ring is 1. The van der Waals surface area contributed by atoms with Crippen molar-refractivity contribution in [2.24, 2.45) is 5.92 Å². The van der Waals surface area contributed by atoms with E-state index in [9.17, 15) is 4.79 Å². The van der Waals surface area contributed by atoms with Crippen LogP contribution in [0, 0.1) is 5.92 Å². The normalized spacial score (nSPS) is 26.1. The van der Waals surface area contributed by atoms with Gasteiger partial charge in [-0.1, -0.05) is 18.5 Å². The second-order valence-corrected chi connectivity index (χ2v) is 10.7. The number of thiophene rings is 1. The predicted molar refractivity (Wildman–Crippen MR) is 137 cm³/mol. The minimum absolute atomic E-state index is 0.0162. The molecular formula is C24H34ClN5O3S. The standard InChI is InChI=1S/C24H34ClN5O3S/c1-5-13(11-18-15(25)8-10-34-18)29-16-7-9-28-22(19(16)26)30-17-12-14(23(31)27-6-2)20-21(17)33-24(3,4)32-20/h7-10,13-14,17,20-21H,5-6,11-12,26H2,1-4H3,(H,27,31)(H2,28,29,30)/t13?,14-,17+,20+,21-/m1/s1.